The van der Waals surface area contributed by atoms with Crippen LogP contribution in [0.15, 0.2) is 24.3 Å². The van der Waals surface area contributed by atoms with E-state index in [9.17, 15) is 4.79 Å². The molecule has 3 rings (SSSR count). The van der Waals surface area contributed by atoms with Crippen LogP contribution in [0.25, 0.3) is 0 Å². The lowest BCUT2D eigenvalue weighted by Gasteiger charge is -2.30. The van der Waals surface area contributed by atoms with Crippen molar-refractivity contribution in [1.82, 2.24) is 4.98 Å². The maximum atomic E-state index is 12.3. The number of para-hydroxylation sites is 2. The van der Waals surface area contributed by atoms with Crippen molar-refractivity contribution < 1.29 is 9.53 Å². The Kier molecular flexibility index (Phi) is 4.29. The summed E-state index contributed by atoms with van der Waals surface area (Å²) >= 11 is 1.53. The van der Waals surface area contributed by atoms with E-state index in [1.807, 2.05) is 36.1 Å². The molecule has 2 aromatic rings. The number of nitrogens with one attached hydrogen (secondary N) is 1. The molecule has 0 aliphatic carbocycles. The van der Waals surface area contributed by atoms with Crippen LogP contribution in [0, 0.1) is 6.92 Å². The maximum Gasteiger partial charge on any atom is 0.245 e. The minimum atomic E-state index is -0.0480. The van der Waals surface area contributed by atoms with E-state index in [0.29, 0.717) is 24.8 Å². The Morgan fingerprint density at radius 1 is 1.45 bits per heavy atom. The molecule has 116 valence electrons. The highest BCUT2D eigenvalue weighted by atomic mass is 32.1. The van der Waals surface area contributed by atoms with E-state index in [2.05, 4.69) is 17.2 Å². The smallest absolute Gasteiger partial charge is 0.245 e. The number of benzene rings is 1. The molecule has 6 heteroatoms. The number of rotatable bonds is 4. The van der Waals surface area contributed by atoms with E-state index in [1.54, 1.807) is 0 Å². The van der Waals surface area contributed by atoms with Crippen LogP contribution in [0.2, 0.25) is 0 Å². The highest BCUT2D eigenvalue weighted by Gasteiger charge is 2.20. The second-order valence-electron chi connectivity index (χ2n) is 5.16. The Hall–Kier alpha value is -2.08. The fraction of sp³-hybridized carbons (Fsp3) is 0.375. The number of carbonyl (C=O) groups excluding carboxylic acids is 1. The molecule has 1 amide bonds. The van der Waals surface area contributed by atoms with Gasteiger partial charge in [-0.15, -0.1) is 11.3 Å². The zero-order valence-corrected chi connectivity index (χ0v) is 13.6. The number of nitrogens with zero attached hydrogens (tertiary/aromatic N) is 2. The normalized spacial score (nSPS) is 13.5. The topological polar surface area (TPSA) is 54.5 Å². The van der Waals surface area contributed by atoms with Crippen molar-refractivity contribution in [3.8, 4) is 5.75 Å². The van der Waals surface area contributed by atoms with Crippen LogP contribution in [-0.4, -0.2) is 30.6 Å². The second kappa shape index (κ2) is 6.36. The molecule has 1 N–H and O–H groups in total. The van der Waals surface area contributed by atoms with Gasteiger partial charge in [-0.25, -0.2) is 4.98 Å². The van der Waals surface area contributed by atoms with Crippen LogP contribution in [-0.2, 0) is 11.2 Å². The summed E-state index contributed by atoms with van der Waals surface area (Å²) in [6.45, 7) is 5.71. The third kappa shape index (κ3) is 3.06. The van der Waals surface area contributed by atoms with E-state index in [4.69, 9.17) is 4.74 Å². The minimum Gasteiger partial charge on any atom is -0.490 e. The zero-order valence-electron chi connectivity index (χ0n) is 12.8. The minimum absolute atomic E-state index is 0.0480. The predicted molar refractivity (Wildman–Crippen MR) is 89.0 cm³/mol. The van der Waals surface area contributed by atoms with Crippen LogP contribution < -0.4 is 15.0 Å². The van der Waals surface area contributed by atoms with Crippen LogP contribution in [0.3, 0.4) is 0 Å². The average Bonchev–Trinajstić information content (AvgIpc) is 2.87. The predicted octanol–water partition coefficient (Wildman–Crippen LogP) is 2.85. The van der Waals surface area contributed by atoms with Crippen molar-refractivity contribution in [1.29, 1.82) is 0 Å². The molecule has 1 aliphatic rings. The molecule has 0 saturated carbocycles. The molecule has 0 atom stereocenters. The maximum absolute atomic E-state index is 12.3. The first-order chi connectivity index (χ1) is 10.7. The van der Waals surface area contributed by atoms with Gasteiger partial charge in [0.15, 0.2) is 5.13 Å². The third-order valence-electron chi connectivity index (χ3n) is 3.63. The van der Waals surface area contributed by atoms with E-state index < -0.39 is 0 Å². The lowest BCUT2D eigenvalue weighted by Crippen LogP contribution is -2.38. The lowest BCUT2D eigenvalue weighted by molar-refractivity contribution is -0.115. The number of hydrogen-bond donors (Lipinski definition) is 1. The fourth-order valence-corrected chi connectivity index (χ4v) is 3.45. The van der Waals surface area contributed by atoms with Gasteiger partial charge in [0.2, 0.25) is 5.91 Å². The average molecular weight is 317 g/mol. The van der Waals surface area contributed by atoms with Gasteiger partial charge in [-0.2, -0.15) is 0 Å². The van der Waals surface area contributed by atoms with E-state index in [0.717, 1.165) is 28.4 Å². The first-order valence-electron chi connectivity index (χ1n) is 7.40. The highest BCUT2D eigenvalue weighted by Crippen LogP contribution is 2.30. The third-order valence-corrected chi connectivity index (χ3v) is 4.56. The summed E-state index contributed by atoms with van der Waals surface area (Å²) in [5.74, 6) is 0.785. The quantitative estimate of drug-likeness (QED) is 0.942. The van der Waals surface area contributed by atoms with Gasteiger partial charge in [0.1, 0.15) is 12.4 Å². The van der Waals surface area contributed by atoms with Gasteiger partial charge in [0.25, 0.3) is 0 Å². The largest absolute Gasteiger partial charge is 0.490 e. The first kappa shape index (κ1) is 14.8. The van der Waals surface area contributed by atoms with E-state index in [1.165, 1.54) is 11.3 Å². The number of hydrogen-bond acceptors (Lipinski definition) is 5. The Bertz CT molecular complexity index is 684. The molecule has 1 aromatic heterocycles. The molecule has 0 spiro atoms. The summed E-state index contributed by atoms with van der Waals surface area (Å²) in [6, 6.07) is 7.80. The van der Waals surface area contributed by atoms with Crippen LogP contribution in [0.1, 0.15) is 17.5 Å². The number of carbonyl (C=O) groups is 1. The summed E-state index contributed by atoms with van der Waals surface area (Å²) in [6.07, 6.45) is 0.884. The summed E-state index contributed by atoms with van der Waals surface area (Å²) in [4.78, 5) is 19.9. The van der Waals surface area contributed by atoms with Crippen LogP contribution in [0.5, 0.6) is 5.75 Å². The first-order valence-corrected chi connectivity index (χ1v) is 8.22. The SMILES string of the molecule is CCc1nc(NC(=O)CN2CCOc3ccccc32)sc1C. The molecule has 0 fully saturated rings. The van der Waals surface area contributed by atoms with Gasteiger partial charge < -0.3 is 15.0 Å². The summed E-state index contributed by atoms with van der Waals surface area (Å²) in [5.41, 5.74) is 2.02. The molecule has 0 unspecified atom stereocenters. The molecule has 22 heavy (non-hydrogen) atoms. The molecule has 1 aromatic carbocycles. The van der Waals surface area contributed by atoms with Gasteiger partial charge in [0, 0.05) is 4.88 Å². The molecule has 0 radical (unpaired) electrons. The van der Waals surface area contributed by atoms with Crippen molar-refractivity contribution in [3.63, 3.8) is 0 Å². The molecule has 5 nitrogen and oxygen atoms in total. The van der Waals surface area contributed by atoms with Gasteiger partial charge in [-0.05, 0) is 25.5 Å². The van der Waals surface area contributed by atoms with Crippen LogP contribution >= 0.6 is 11.3 Å². The summed E-state index contributed by atoms with van der Waals surface area (Å²) in [5, 5.41) is 3.58. The Morgan fingerprint density at radius 3 is 3.05 bits per heavy atom. The fourth-order valence-electron chi connectivity index (χ4n) is 2.53. The number of aryl methyl sites for hydroxylation is 2. The monoisotopic (exact) mass is 317 g/mol. The second-order valence-corrected chi connectivity index (χ2v) is 6.36. The van der Waals surface area contributed by atoms with Gasteiger partial charge >= 0.3 is 0 Å². The lowest BCUT2D eigenvalue weighted by atomic mass is 10.2. The van der Waals surface area contributed by atoms with Gasteiger partial charge in [-0.3, -0.25) is 4.79 Å². The molecule has 1 aliphatic heterocycles. The summed E-state index contributed by atoms with van der Waals surface area (Å²) in [7, 11) is 0. The van der Waals surface area contributed by atoms with Crippen molar-refractivity contribution in [3.05, 3.63) is 34.8 Å². The molecule has 0 saturated heterocycles. The standard InChI is InChI=1S/C16H19N3O2S/c1-3-12-11(2)22-16(17-12)18-15(20)10-19-8-9-21-14-7-5-4-6-13(14)19/h4-7H,3,8-10H2,1-2H3,(H,17,18,20). The zero-order chi connectivity index (χ0) is 15.5. The van der Waals surface area contributed by atoms with Crippen molar-refractivity contribution in [2.45, 2.75) is 20.3 Å². The van der Waals surface area contributed by atoms with Crippen LogP contribution in [0.4, 0.5) is 10.8 Å². The number of anilines is 2. The van der Waals surface area contributed by atoms with Crippen molar-refractivity contribution >= 4 is 28.1 Å². The molecular weight excluding hydrogens is 298 g/mol. The van der Waals surface area contributed by atoms with E-state index in [-0.39, 0.29) is 5.91 Å². The highest BCUT2D eigenvalue weighted by molar-refractivity contribution is 7.15. The number of thiazole rings is 1. The number of ether oxygens (including phenoxy) is 1. The Labute approximate surface area is 133 Å². The Morgan fingerprint density at radius 2 is 2.27 bits per heavy atom. The number of amides is 1. The van der Waals surface area contributed by atoms with Crippen molar-refractivity contribution in [2.75, 3.05) is 29.9 Å². The molecular formula is C16H19N3O2S. The summed E-state index contributed by atoms with van der Waals surface area (Å²) < 4.78 is 5.60. The van der Waals surface area contributed by atoms with Crippen molar-refractivity contribution in [2.24, 2.45) is 0 Å². The van der Waals surface area contributed by atoms with E-state index >= 15 is 0 Å². The molecule has 2 heterocycles. The van der Waals surface area contributed by atoms with Gasteiger partial charge in [0.05, 0.1) is 24.5 Å². The number of fused-ring (bicyclic) bond motifs is 1. The Balaban J connectivity index is 1.67. The number of aromatic nitrogens is 1. The van der Waals surface area contributed by atoms with Gasteiger partial charge in [-0.1, -0.05) is 19.1 Å². The molecule has 0 bridgehead atoms.